The van der Waals surface area contributed by atoms with Crippen molar-refractivity contribution in [2.24, 2.45) is 5.41 Å². The SMILES string of the molecule is O=C1N[C@H](CC(F)(F)F)C(=O)NC1C1(C(F)(F)F)CC1. The highest BCUT2D eigenvalue weighted by Crippen LogP contribution is 2.60. The normalized spacial score (nSPS) is 29.7. The van der Waals surface area contributed by atoms with Gasteiger partial charge in [-0.25, -0.2) is 0 Å². The fourth-order valence-electron chi connectivity index (χ4n) is 2.26. The zero-order valence-corrected chi connectivity index (χ0v) is 9.86. The van der Waals surface area contributed by atoms with Crippen LogP contribution in [-0.4, -0.2) is 36.3 Å². The number of rotatable bonds is 2. The molecule has 2 fully saturated rings. The van der Waals surface area contributed by atoms with E-state index in [1.807, 2.05) is 0 Å². The number of carbonyl (C=O) groups is 2. The summed E-state index contributed by atoms with van der Waals surface area (Å²) < 4.78 is 75.0. The predicted octanol–water partition coefficient (Wildman–Crippen LogP) is 1.26. The highest BCUT2D eigenvalue weighted by Gasteiger charge is 2.70. The molecule has 2 rings (SSSR count). The minimum atomic E-state index is -4.70. The van der Waals surface area contributed by atoms with Crippen molar-refractivity contribution in [1.29, 1.82) is 0 Å². The third kappa shape index (κ3) is 2.55. The highest BCUT2D eigenvalue weighted by atomic mass is 19.4. The molecule has 0 bridgehead atoms. The molecule has 4 nitrogen and oxygen atoms in total. The summed E-state index contributed by atoms with van der Waals surface area (Å²) in [4.78, 5) is 23.0. The van der Waals surface area contributed by atoms with E-state index in [9.17, 15) is 35.9 Å². The molecule has 1 unspecified atom stereocenters. The summed E-state index contributed by atoms with van der Waals surface area (Å²) in [6.45, 7) is 0. The van der Waals surface area contributed by atoms with Crippen molar-refractivity contribution in [2.45, 2.75) is 43.7 Å². The maximum atomic E-state index is 12.8. The minimum absolute atomic E-state index is 0.335. The lowest BCUT2D eigenvalue weighted by molar-refractivity contribution is -0.200. The van der Waals surface area contributed by atoms with Crippen LogP contribution in [0.15, 0.2) is 0 Å². The standard InChI is InChI=1S/C10H10F6N2O2/c11-9(12,13)3-4-6(19)18-5(7(20)17-4)8(1-2-8)10(14,15)16/h4-5H,1-3H2,(H,17,20)(H,18,19)/t4-,5?/m1/s1. The molecular formula is C10H10F6N2O2. The first-order valence-corrected chi connectivity index (χ1v) is 5.70. The van der Waals surface area contributed by atoms with Crippen LogP contribution in [0.5, 0.6) is 0 Å². The Morgan fingerprint density at radius 1 is 1.00 bits per heavy atom. The van der Waals surface area contributed by atoms with E-state index in [4.69, 9.17) is 0 Å². The van der Waals surface area contributed by atoms with E-state index in [0.717, 1.165) is 0 Å². The molecule has 20 heavy (non-hydrogen) atoms. The molecule has 2 amide bonds. The summed E-state index contributed by atoms with van der Waals surface area (Å²) in [6, 6.07) is -3.75. The molecule has 2 atom stereocenters. The van der Waals surface area contributed by atoms with Gasteiger partial charge in [0.2, 0.25) is 11.8 Å². The molecule has 0 spiro atoms. The highest BCUT2D eigenvalue weighted by molar-refractivity contribution is 5.97. The molecule has 1 aliphatic carbocycles. The first-order valence-electron chi connectivity index (χ1n) is 5.70. The van der Waals surface area contributed by atoms with Gasteiger partial charge in [0.1, 0.15) is 12.1 Å². The Bertz CT molecular complexity index is 440. The summed E-state index contributed by atoms with van der Waals surface area (Å²) in [7, 11) is 0. The molecule has 2 N–H and O–H groups in total. The maximum absolute atomic E-state index is 12.8. The third-order valence-corrected chi connectivity index (χ3v) is 3.52. The van der Waals surface area contributed by atoms with E-state index in [2.05, 4.69) is 0 Å². The summed E-state index contributed by atoms with van der Waals surface area (Å²) in [5.74, 6) is -2.48. The lowest BCUT2D eigenvalue weighted by atomic mass is 9.91. The van der Waals surface area contributed by atoms with Gasteiger partial charge in [0.05, 0.1) is 11.8 Å². The second-order valence-corrected chi connectivity index (χ2v) is 4.98. The van der Waals surface area contributed by atoms with Gasteiger partial charge in [-0.15, -0.1) is 0 Å². The van der Waals surface area contributed by atoms with Crippen molar-refractivity contribution >= 4 is 11.8 Å². The fraction of sp³-hybridized carbons (Fsp3) is 0.800. The van der Waals surface area contributed by atoms with Gasteiger partial charge in [-0.05, 0) is 12.8 Å². The zero-order valence-electron chi connectivity index (χ0n) is 9.86. The van der Waals surface area contributed by atoms with Gasteiger partial charge >= 0.3 is 12.4 Å². The number of alkyl halides is 6. The molecule has 1 saturated heterocycles. The van der Waals surface area contributed by atoms with E-state index in [1.54, 1.807) is 10.6 Å². The van der Waals surface area contributed by atoms with E-state index >= 15 is 0 Å². The summed E-state index contributed by atoms with van der Waals surface area (Å²) in [6.07, 6.45) is -11.7. The van der Waals surface area contributed by atoms with Crippen LogP contribution in [0.1, 0.15) is 19.3 Å². The first kappa shape index (κ1) is 14.9. The van der Waals surface area contributed by atoms with E-state index < -0.39 is 48.1 Å². The summed E-state index contributed by atoms with van der Waals surface area (Å²) >= 11 is 0. The second-order valence-electron chi connectivity index (χ2n) is 4.98. The number of amides is 2. The van der Waals surface area contributed by atoms with Crippen LogP contribution in [0.2, 0.25) is 0 Å². The quantitative estimate of drug-likeness (QED) is 0.755. The Labute approximate surface area is 108 Å². The number of nitrogens with one attached hydrogen (secondary N) is 2. The molecule has 114 valence electrons. The third-order valence-electron chi connectivity index (χ3n) is 3.52. The Morgan fingerprint density at radius 3 is 1.95 bits per heavy atom. The number of carbonyl (C=O) groups excluding carboxylic acids is 2. The van der Waals surface area contributed by atoms with Crippen molar-refractivity contribution < 1.29 is 35.9 Å². The minimum Gasteiger partial charge on any atom is -0.342 e. The molecule has 0 aromatic rings. The molecule has 10 heteroatoms. The molecule has 2 aliphatic rings. The predicted molar refractivity (Wildman–Crippen MR) is 52.3 cm³/mol. The van der Waals surface area contributed by atoms with Gasteiger partial charge in [-0.3, -0.25) is 9.59 Å². The van der Waals surface area contributed by atoms with Gasteiger partial charge < -0.3 is 10.6 Å². The maximum Gasteiger partial charge on any atom is 0.396 e. The monoisotopic (exact) mass is 304 g/mol. The molecule has 0 aromatic heterocycles. The van der Waals surface area contributed by atoms with E-state index in [0.29, 0.717) is 0 Å². The van der Waals surface area contributed by atoms with Crippen LogP contribution in [0, 0.1) is 5.41 Å². The van der Waals surface area contributed by atoms with Crippen molar-refractivity contribution in [3.63, 3.8) is 0 Å². The molecule has 0 radical (unpaired) electrons. The average Bonchev–Trinajstić information content (AvgIpc) is 3.00. The largest absolute Gasteiger partial charge is 0.396 e. The van der Waals surface area contributed by atoms with Crippen LogP contribution < -0.4 is 10.6 Å². The Balaban J connectivity index is 2.12. The van der Waals surface area contributed by atoms with Crippen LogP contribution in [0.3, 0.4) is 0 Å². The molecular weight excluding hydrogens is 294 g/mol. The topological polar surface area (TPSA) is 58.2 Å². The van der Waals surface area contributed by atoms with Gasteiger partial charge in [0.25, 0.3) is 0 Å². The Morgan fingerprint density at radius 2 is 1.55 bits per heavy atom. The number of halogens is 6. The van der Waals surface area contributed by atoms with Gasteiger partial charge in [-0.1, -0.05) is 0 Å². The van der Waals surface area contributed by atoms with Crippen LogP contribution in [-0.2, 0) is 9.59 Å². The number of hydrogen-bond acceptors (Lipinski definition) is 2. The van der Waals surface area contributed by atoms with Crippen molar-refractivity contribution in [3.05, 3.63) is 0 Å². The smallest absolute Gasteiger partial charge is 0.342 e. The lowest BCUT2D eigenvalue weighted by Gasteiger charge is -2.35. The number of piperazine rings is 1. The van der Waals surface area contributed by atoms with Crippen LogP contribution in [0.4, 0.5) is 26.3 Å². The zero-order chi connectivity index (χ0) is 15.3. The summed E-state index contributed by atoms with van der Waals surface area (Å²) in [5.41, 5.74) is -2.35. The molecule has 0 aromatic carbocycles. The summed E-state index contributed by atoms with van der Waals surface area (Å²) in [5, 5.41) is 3.50. The Kier molecular flexibility index (Phi) is 3.17. The molecule has 1 heterocycles. The van der Waals surface area contributed by atoms with Crippen molar-refractivity contribution in [2.75, 3.05) is 0 Å². The van der Waals surface area contributed by atoms with Gasteiger partial charge in [0.15, 0.2) is 0 Å². The number of hydrogen-bond donors (Lipinski definition) is 2. The van der Waals surface area contributed by atoms with Gasteiger partial charge in [-0.2, -0.15) is 26.3 Å². The van der Waals surface area contributed by atoms with Crippen molar-refractivity contribution in [3.8, 4) is 0 Å². The first-order chi connectivity index (χ1) is 8.96. The van der Waals surface area contributed by atoms with Crippen LogP contribution >= 0.6 is 0 Å². The van der Waals surface area contributed by atoms with E-state index in [1.165, 1.54) is 0 Å². The fourth-order valence-corrected chi connectivity index (χ4v) is 2.26. The lowest BCUT2D eigenvalue weighted by Crippen LogP contribution is -2.66. The average molecular weight is 304 g/mol. The van der Waals surface area contributed by atoms with Crippen LogP contribution in [0.25, 0.3) is 0 Å². The van der Waals surface area contributed by atoms with E-state index in [-0.39, 0.29) is 12.8 Å². The van der Waals surface area contributed by atoms with Gasteiger partial charge in [0, 0.05) is 0 Å². The second kappa shape index (κ2) is 4.26. The Hall–Kier alpha value is -1.48. The molecule has 1 saturated carbocycles. The molecule has 1 aliphatic heterocycles. The van der Waals surface area contributed by atoms with Crippen molar-refractivity contribution in [1.82, 2.24) is 10.6 Å².